The number of rotatable bonds is 7. The van der Waals surface area contributed by atoms with Crippen molar-refractivity contribution >= 4 is 5.91 Å². The van der Waals surface area contributed by atoms with E-state index in [0.29, 0.717) is 19.1 Å². The van der Waals surface area contributed by atoms with Gasteiger partial charge in [0.2, 0.25) is 5.91 Å². The molecule has 18 heavy (non-hydrogen) atoms. The summed E-state index contributed by atoms with van der Waals surface area (Å²) in [5.41, 5.74) is 0. The normalized spacial score (nSPS) is 25.7. The summed E-state index contributed by atoms with van der Waals surface area (Å²) in [5.74, 6) is 0.605. The van der Waals surface area contributed by atoms with Gasteiger partial charge in [-0.15, -0.1) is 0 Å². The van der Waals surface area contributed by atoms with Gasteiger partial charge in [-0.25, -0.2) is 0 Å². The predicted octanol–water partition coefficient (Wildman–Crippen LogP) is 0.278. The molecular formula is C13H26N2O3. The van der Waals surface area contributed by atoms with E-state index in [1.165, 1.54) is 0 Å². The van der Waals surface area contributed by atoms with Crippen LogP contribution in [-0.2, 0) is 9.53 Å². The molecule has 0 aromatic rings. The molecule has 106 valence electrons. The SMILES string of the molecule is COCC(C)NC(=O)CNCC1CCC(O)CC1. The number of aliphatic hydroxyl groups is 1. The van der Waals surface area contributed by atoms with Crippen LogP contribution >= 0.6 is 0 Å². The number of carbonyl (C=O) groups is 1. The van der Waals surface area contributed by atoms with Gasteiger partial charge >= 0.3 is 0 Å². The highest BCUT2D eigenvalue weighted by atomic mass is 16.5. The number of amides is 1. The molecule has 1 aliphatic carbocycles. The summed E-state index contributed by atoms with van der Waals surface area (Å²) in [7, 11) is 1.62. The number of hydrogen-bond donors (Lipinski definition) is 3. The molecule has 0 bridgehead atoms. The van der Waals surface area contributed by atoms with Crippen molar-refractivity contribution in [3.8, 4) is 0 Å². The number of nitrogens with one attached hydrogen (secondary N) is 2. The van der Waals surface area contributed by atoms with Gasteiger partial charge in [-0.1, -0.05) is 0 Å². The number of aliphatic hydroxyl groups excluding tert-OH is 1. The largest absolute Gasteiger partial charge is 0.393 e. The van der Waals surface area contributed by atoms with Crippen LogP contribution in [0.5, 0.6) is 0 Å². The molecular weight excluding hydrogens is 232 g/mol. The Morgan fingerprint density at radius 2 is 2.06 bits per heavy atom. The summed E-state index contributed by atoms with van der Waals surface area (Å²) in [6.07, 6.45) is 3.78. The molecule has 0 radical (unpaired) electrons. The molecule has 5 heteroatoms. The first-order chi connectivity index (χ1) is 8.61. The van der Waals surface area contributed by atoms with E-state index < -0.39 is 0 Å². The van der Waals surface area contributed by atoms with Crippen molar-refractivity contribution in [2.75, 3.05) is 26.8 Å². The van der Waals surface area contributed by atoms with Crippen LogP contribution in [0.15, 0.2) is 0 Å². The summed E-state index contributed by atoms with van der Waals surface area (Å²) in [4.78, 5) is 11.6. The lowest BCUT2D eigenvalue weighted by Gasteiger charge is -2.25. The fraction of sp³-hybridized carbons (Fsp3) is 0.923. The molecule has 1 aliphatic rings. The molecule has 1 saturated carbocycles. The molecule has 5 nitrogen and oxygen atoms in total. The second-order valence-electron chi connectivity index (χ2n) is 5.23. The molecule has 0 saturated heterocycles. The molecule has 1 amide bonds. The van der Waals surface area contributed by atoms with Crippen LogP contribution < -0.4 is 10.6 Å². The van der Waals surface area contributed by atoms with Crippen LogP contribution in [0, 0.1) is 5.92 Å². The fourth-order valence-electron chi connectivity index (χ4n) is 2.36. The molecule has 0 spiro atoms. The maximum atomic E-state index is 11.6. The summed E-state index contributed by atoms with van der Waals surface area (Å²) >= 11 is 0. The van der Waals surface area contributed by atoms with Gasteiger partial charge in [0.15, 0.2) is 0 Å². The van der Waals surface area contributed by atoms with Crippen molar-refractivity contribution < 1.29 is 14.6 Å². The summed E-state index contributed by atoms with van der Waals surface area (Å²) < 4.78 is 4.96. The standard InChI is InChI=1S/C13H26N2O3/c1-10(9-18-2)15-13(17)8-14-7-11-3-5-12(16)6-4-11/h10-12,14,16H,3-9H2,1-2H3,(H,15,17). The first-order valence-corrected chi connectivity index (χ1v) is 6.79. The van der Waals surface area contributed by atoms with Gasteiger partial charge in [-0.05, 0) is 45.1 Å². The zero-order valence-electron chi connectivity index (χ0n) is 11.4. The summed E-state index contributed by atoms with van der Waals surface area (Å²) in [6, 6.07) is 0.0501. The zero-order valence-corrected chi connectivity index (χ0v) is 11.4. The maximum absolute atomic E-state index is 11.6. The predicted molar refractivity (Wildman–Crippen MR) is 70.3 cm³/mol. The van der Waals surface area contributed by atoms with Gasteiger partial charge in [0, 0.05) is 13.2 Å². The van der Waals surface area contributed by atoms with E-state index in [0.717, 1.165) is 32.2 Å². The molecule has 1 fully saturated rings. The number of ether oxygens (including phenoxy) is 1. The maximum Gasteiger partial charge on any atom is 0.234 e. The van der Waals surface area contributed by atoms with Crippen molar-refractivity contribution in [1.29, 1.82) is 0 Å². The molecule has 1 atom stereocenters. The molecule has 0 aromatic heterocycles. The highest BCUT2D eigenvalue weighted by Gasteiger charge is 2.19. The van der Waals surface area contributed by atoms with Crippen molar-refractivity contribution in [2.24, 2.45) is 5.92 Å². The number of carbonyl (C=O) groups excluding carboxylic acids is 1. The van der Waals surface area contributed by atoms with Crippen molar-refractivity contribution in [1.82, 2.24) is 10.6 Å². The van der Waals surface area contributed by atoms with Gasteiger partial charge in [-0.2, -0.15) is 0 Å². The zero-order chi connectivity index (χ0) is 13.4. The Morgan fingerprint density at radius 1 is 1.39 bits per heavy atom. The quantitative estimate of drug-likeness (QED) is 0.613. The highest BCUT2D eigenvalue weighted by Crippen LogP contribution is 2.23. The van der Waals surface area contributed by atoms with Crippen LogP contribution in [0.25, 0.3) is 0 Å². The van der Waals surface area contributed by atoms with Crippen LogP contribution in [-0.4, -0.2) is 50.0 Å². The van der Waals surface area contributed by atoms with E-state index in [9.17, 15) is 9.90 Å². The molecule has 0 aliphatic heterocycles. The lowest BCUT2D eigenvalue weighted by molar-refractivity contribution is -0.121. The Hall–Kier alpha value is -0.650. The minimum absolute atomic E-state index is 0.00962. The average Bonchev–Trinajstić information content (AvgIpc) is 2.32. The molecule has 1 rings (SSSR count). The topological polar surface area (TPSA) is 70.6 Å². The van der Waals surface area contributed by atoms with E-state index >= 15 is 0 Å². The van der Waals surface area contributed by atoms with Crippen molar-refractivity contribution in [3.63, 3.8) is 0 Å². The molecule has 0 aromatic carbocycles. The Morgan fingerprint density at radius 3 is 2.67 bits per heavy atom. The second kappa shape index (κ2) is 8.45. The van der Waals surface area contributed by atoms with Gasteiger partial charge in [0.25, 0.3) is 0 Å². The Labute approximate surface area is 109 Å². The lowest BCUT2D eigenvalue weighted by atomic mass is 9.87. The van der Waals surface area contributed by atoms with Crippen molar-refractivity contribution in [3.05, 3.63) is 0 Å². The Balaban J connectivity index is 2.04. The van der Waals surface area contributed by atoms with Gasteiger partial charge in [0.05, 0.1) is 19.3 Å². The minimum atomic E-state index is -0.112. The fourth-order valence-corrected chi connectivity index (χ4v) is 2.36. The average molecular weight is 258 g/mol. The third-order valence-electron chi connectivity index (χ3n) is 3.36. The summed E-state index contributed by atoms with van der Waals surface area (Å²) in [5, 5.41) is 15.4. The summed E-state index contributed by atoms with van der Waals surface area (Å²) in [6.45, 7) is 3.67. The third-order valence-corrected chi connectivity index (χ3v) is 3.36. The van der Waals surface area contributed by atoms with Crippen molar-refractivity contribution in [2.45, 2.75) is 44.8 Å². The van der Waals surface area contributed by atoms with E-state index in [-0.39, 0.29) is 18.1 Å². The smallest absolute Gasteiger partial charge is 0.234 e. The number of hydrogen-bond acceptors (Lipinski definition) is 4. The Bertz CT molecular complexity index is 240. The molecule has 3 N–H and O–H groups in total. The molecule has 0 heterocycles. The molecule has 1 unspecified atom stereocenters. The van der Waals surface area contributed by atoms with Gasteiger partial charge in [-0.3, -0.25) is 4.79 Å². The monoisotopic (exact) mass is 258 g/mol. The lowest BCUT2D eigenvalue weighted by Crippen LogP contribution is -2.42. The van der Waals surface area contributed by atoms with E-state index in [1.807, 2.05) is 6.92 Å². The van der Waals surface area contributed by atoms with Crippen LogP contribution in [0.1, 0.15) is 32.6 Å². The van der Waals surface area contributed by atoms with E-state index in [4.69, 9.17) is 4.74 Å². The van der Waals surface area contributed by atoms with E-state index in [2.05, 4.69) is 10.6 Å². The minimum Gasteiger partial charge on any atom is -0.393 e. The van der Waals surface area contributed by atoms with Crippen LogP contribution in [0.2, 0.25) is 0 Å². The second-order valence-corrected chi connectivity index (χ2v) is 5.23. The van der Waals surface area contributed by atoms with Gasteiger partial charge in [0.1, 0.15) is 0 Å². The Kier molecular flexibility index (Phi) is 7.23. The first-order valence-electron chi connectivity index (χ1n) is 6.79. The number of methoxy groups -OCH3 is 1. The van der Waals surface area contributed by atoms with Crippen LogP contribution in [0.3, 0.4) is 0 Å². The highest BCUT2D eigenvalue weighted by molar-refractivity contribution is 5.78. The van der Waals surface area contributed by atoms with Crippen LogP contribution in [0.4, 0.5) is 0 Å². The van der Waals surface area contributed by atoms with E-state index in [1.54, 1.807) is 7.11 Å². The first kappa shape index (κ1) is 15.4. The van der Waals surface area contributed by atoms with Gasteiger partial charge < -0.3 is 20.5 Å². The third kappa shape index (κ3) is 6.33.